The first-order valence-electron chi connectivity index (χ1n) is 5.50. The van der Waals surface area contributed by atoms with Crippen molar-refractivity contribution in [3.8, 4) is 0 Å². The lowest BCUT2D eigenvalue weighted by Gasteiger charge is -2.00. The van der Waals surface area contributed by atoms with Crippen LogP contribution in [-0.4, -0.2) is 15.6 Å². The number of aromatic nitrogens is 2. The number of carbonyl (C=O) groups excluding carboxylic acids is 1. The first-order chi connectivity index (χ1) is 8.52. The Kier molecular flexibility index (Phi) is 4.40. The van der Waals surface area contributed by atoms with Crippen LogP contribution in [0.5, 0.6) is 0 Å². The summed E-state index contributed by atoms with van der Waals surface area (Å²) < 4.78 is 3.69. The minimum atomic E-state index is 0.122. The maximum atomic E-state index is 12.2. The smallest absolute Gasteiger partial charge is 0.178 e. The normalized spacial score (nSPS) is 10.9. The van der Waals surface area contributed by atoms with E-state index in [9.17, 15) is 4.79 Å². The Morgan fingerprint density at radius 1 is 1.50 bits per heavy atom. The van der Waals surface area contributed by atoms with Gasteiger partial charge in [0.2, 0.25) is 0 Å². The number of nitrogens with zero attached hydrogens (tertiary/aromatic N) is 2. The standard InChI is InChI=1S/C12H12Br2N2OS/c1-3-8-12(14)9(16(2)15-8)5-10(17)11-4-7(13)6-18-11/h4,6H,3,5H2,1-2H3. The van der Waals surface area contributed by atoms with Gasteiger partial charge in [0.05, 0.1) is 27.2 Å². The summed E-state index contributed by atoms with van der Waals surface area (Å²) in [6, 6.07) is 1.86. The zero-order valence-electron chi connectivity index (χ0n) is 10.0. The number of halogens is 2. The molecule has 0 spiro atoms. The molecule has 2 rings (SSSR count). The number of Topliss-reactive ketones (excluding diaryl/α,β-unsaturated/α-hetero) is 1. The molecule has 3 nitrogen and oxygen atoms in total. The molecule has 0 saturated carbocycles. The second-order valence-corrected chi connectivity index (χ2v) is 6.53. The Morgan fingerprint density at radius 3 is 2.72 bits per heavy atom. The maximum Gasteiger partial charge on any atom is 0.178 e. The molecular formula is C12H12Br2N2OS. The van der Waals surface area contributed by atoms with Crippen LogP contribution in [0.3, 0.4) is 0 Å². The van der Waals surface area contributed by atoms with Crippen LogP contribution in [0.15, 0.2) is 20.4 Å². The minimum absolute atomic E-state index is 0.122. The Labute approximate surface area is 126 Å². The van der Waals surface area contributed by atoms with Crippen molar-refractivity contribution in [2.24, 2.45) is 7.05 Å². The first kappa shape index (κ1) is 14.0. The largest absolute Gasteiger partial charge is 0.293 e. The van der Waals surface area contributed by atoms with Gasteiger partial charge in [-0.15, -0.1) is 11.3 Å². The van der Waals surface area contributed by atoms with Crippen molar-refractivity contribution >= 4 is 49.0 Å². The van der Waals surface area contributed by atoms with Gasteiger partial charge in [0.1, 0.15) is 0 Å². The van der Waals surface area contributed by atoms with Crippen LogP contribution in [0.25, 0.3) is 0 Å². The SMILES string of the molecule is CCc1nn(C)c(CC(=O)c2cc(Br)cs2)c1Br. The average Bonchev–Trinajstić information content (AvgIpc) is 2.87. The van der Waals surface area contributed by atoms with Crippen molar-refractivity contribution < 1.29 is 4.79 Å². The molecule has 0 bridgehead atoms. The van der Waals surface area contributed by atoms with Gasteiger partial charge in [-0.2, -0.15) is 5.10 Å². The fraction of sp³-hybridized carbons (Fsp3) is 0.333. The van der Waals surface area contributed by atoms with E-state index >= 15 is 0 Å². The van der Waals surface area contributed by atoms with E-state index in [0.717, 1.165) is 31.6 Å². The first-order valence-corrected chi connectivity index (χ1v) is 7.97. The van der Waals surface area contributed by atoms with Crippen LogP contribution in [0.2, 0.25) is 0 Å². The molecule has 0 aliphatic rings. The molecule has 2 heterocycles. The van der Waals surface area contributed by atoms with E-state index in [1.807, 2.05) is 18.5 Å². The van der Waals surface area contributed by atoms with Crippen molar-refractivity contribution in [1.82, 2.24) is 9.78 Å². The molecule has 96 valence electrons. The minimum Gasteiger partial charge on any atom is -0.293 e. The highest BCUT2D eigenvalue weighted by Gasteiger charge is 2.17. The summed E-state index contributed by atoms with van der Waals surface area (Å²) in [5.74, 6) is 0.122. The highest BCUT2D eigenvalue weighted by molar-refractivity contribution is 9.10. The van der Waals surface area contributed by atoms with E-state index in [-0.39, 0.29) is 5.78 Å². The lowest BCUT2D eigenvalue weighted by molar-refractivity contribution is 0.0994. The van der Waals surface area contributed by atoms with Crippen molar-refractivity contribution in [3.05, 3.63) is 36.7 Å². The van der Waals surface area contributed by atoms with Crippen molar-refractivity contribution in [2.45, 2.75) is 19.8 Å². The third kappa shape index (κ3) is 2.75. The van der Waals surface area contributed by atoms with E-state index < -0.39 is 0 Å². The van der Waals surface area contributed by atoms with E-state index in [0.29, 0.717) is 6.42 Å². The summed E-state index contributed by atoms with van der Waals surface area (Å²) in [6.45, 7) is 2.05. The van der Waals surface area contributed by atoms with Gasteiger partial charge in [-0.1, -0.05) is 6.92 Å². The highest BCUT2D eigenvalue weighted by atomic mass is 79.9. The molecule has 0 unspecified atom stereocenters. The maximum absolute atomic E-state index is 12.2. The molecular weight excluding hydrogens is 380 g/mol. The molecule has 0 saturated heterocycles. The van der Waals surface area contributed by atoms with Crippen LogP contribution in [0, 0.1) is 0 Å². The average molecular weight is 392 g/mol. The summed E-state index contributed by atoms with van der Waals surface area (Å²) in [5, 5.41) is 6.31. The van der Waals surface area contributed by atoms with Crippen LogP contribution in [-0.2, 0) is 19.9 Å². The van der Waals surface area contributed by atoms with Gasteiger partial charge in [0, 0.05) is 16.9 Å². The number of hydrogen-bond donors (Lipinski definition) is 0. The van der Waals surface area contributed by atoms with E-state index in [1.165, 1.54) is 11.3 Å². The Morgan fingerprint density at radius 2 is 2.22 bits per heavy atom. The summed E-state index contributed by atoms with van der Waals surface area (Å²) >= 11 is 8.35. The summed E-state index contributed by atoms with van der Waals surface area (Å²) in [4.78, 5) is 12.9. The molecule has 2 aromatic rings. The second-order valence-electron chi connectivity index (χ2n) is 3.91. The molecule has 6 heteroatoms. The summed E-state index contributed by atoms with van der Waals surface area (Å²) in [6.07, 6.45) is 1.23. The lowest BCUT2D eigenvalue weighted by Crippen LogP contribution is -2.07. The number of aryl methyl sites for hydroxylation is 2. The number of carbonyl (C=O) groups is 1. The van der Waals surface area contributed by atoms with Crippen LogP contribution in [0.4, 0.5) is 0 Å². The summed E-state index contributed by atoms with van der Waals surface area (Å²) in [5.41, 5.74) is 1.93. The zero-order valence-corrected chi connectivity index (χ0v) is 14.0. The second kappa shape index (κ2) is 5.67. The van der Waals surface area contributed by atoms with Crippen LogP contribution >= 0.6 is 43.2 Å². The topological polar surface area (TPSA) is 34.9 Å². The predicted octanol–water partition coefficient (Wildman–Crippen LogP) is 3.99. The predicted molar refractivity (Wildman–Crippen MR) is 80.3 cm³/mol. The van der Waals surface area contributed by atoms with Crippen molar-refractivity contribution in [2.75, 3.05) is 0 Å². The Bertz CT molecular complexity index is 589. The van der Waals surface area contributed by atoms with Gasteiger partial charge < -0.3 is 0 Å². The molecule has 0 aliphatic carbocycles. The molecule has 2 aromatic heterocycles. The zero-order chi connectivity index (χ0) is 13.3. The fourth-order valence-corrected chi connectivity index (χ4v) is 3.83. The highest BCUT2D eigenvalue weighted by Crippen LogP contribution is 2.25. The van der Waals surface area contributed by atoms with Gasteiger partial charge >= 0.3 is 0 Å². The molecule has 0 fully saturated rings. The van der Waals surface area contributed by atoms with Gasteiger partial charge in [-0.05, 0) is 44.3 Å². The van der Waals surface area contributed by atoms with E-state index in [2.05, 4.69) is 43.9 Å². The molecule has 18 heavy (non-hydrogen) atoms. The monoisotopic (exact) mass is 390 g/mol. The lowest BCUT2D eigenvalue weighted by atomic mass is 10.2. The molecule has 0 aromatic carbocycles. The number of hydrogen-bond acceptors (Lipinski definition) is 3. The Balaban J connectivity index is 2.24. The number of ketones is 1. The fourth-order valence-electron chi connectivity index (χ4n) is 1.71. The molecule has 0 radical (unpaired) electrons. The van der Waals surface area contributed by atoms with Gasteiger partial charge in [0.25, 0.3) is 0 Å². The third-order valence-electron chi connectivity index (χ3n) is 2.67. The van der Waals surface area contributed by atoms with Gasteiger partial charge in [-0.3, -0.25) is 9.48 Å². The van der Waals surface area contributed by atoms with E-state index in [1.54, 1.807) is 4.68 Å². The molecule has 0 N–H and O–H groups in total. The number of thiophene rings is 1. The molecule has 0 aliphatic heterocycles. The quantitative estimate of drug-likeness (QED) is 0.738. The van der Waals surface area contributed by atoms with E-state index in [4.69, 9.17) is 0 Å². The van der Waals surface area contributed by atoms with Crippen LogP contribution < -0.4 is 0 Å². The summed E-state index contributed by atoms with van der Waals surface area (Å²) in [7, 11) is 1.87. The van der Waals surface area contributed by atoms with Gasteiger partial charge in [-0.25, -0.2) is 0 Å². The Hall–Kier alpha value is -0.460. The van der Waals surface area contributed by atoms with Crippen molar-refractivity contribution in [1.29, 1.82) is 0 Å². The number of rotatable bonds is 4. The van der Waals surface area contributed by atoms with Gasteiger partial charge in [0.15, 0.2) is 5.78 Å². The van der Waals surface area contributed by atoms with Crippen LogP contribution in [0.1, 0.15) is 28.0 Å². The molecule has 0 amide bonds. The molecule has 0 atom stereocenters. The third-order valence-corrected chi connectivity index (χ3v) is 5.32. The van der Waals surface area contributed by atoms with Crippen molar-refractivity contribution in [3.63, 3.8) is 0 Å².